The van der Waals surface area contributed by atoms with Gasteiger partial charge < -0.3 is 15.5 Å². The van der Waals surface area contributed by atoms with E-state index in [2.05, 4.69) is 10.3 Å². The first-order valence-corrected chi connectivity index (χ1v) is 6.12. The van der Waals surface area contributed by atoms with E-state index in [0.717, 1.165) is 10.9 Å². The number of aliphatic hydroxyl groups is 1. The highest BCUT2D eigenvalue weighted by Gasteiger charge is 2.14. The van der Waals surface area contributed by atoms with Gasteiger partial charge in [-0.3, -0.25) is 0 Å². The zero-order valence-electron chi connectivity index (χ0n) is 10.6. The van der Waals surface area contributed by atoms with Gasteiger partial charge in [0.2, 0.25) is 0 Å². The van der Waals surface area contributed by atoms with Crippen LogP contribution in [0, 0.1) is 0 Å². The molecular weight excluding hydrogens is 244 g/mol. The van der Waals surface area contributed by atoms with Gasteiger partial charge in [0, 0.05) is 18.0 Å². The number of aromatic nitrogens is 1. The highest BCUT2D eigenvalue weighted by molar-refractivity contribution is 5.98. The van der Waals surface area contributed by atoms with E-state index in [4.69, 9.17) is 5.11 Å². The Morgan fingerprint density at radius 3 is 2.84 bits per heavy atom. The monoisotopic (exact) mass is 260 g/mol. The smallest absolute Gasteiger partial charge is 0.339 e. The number of anilines is 1. The minimum Gasteiger partial charge on any atom is -0.478 e. The average molecular weight is 260 g/mol. The number of nitrogens with one attached hydrogen (secondary N) is 1. The van der Waals surface area contributed by atoms with Crippen molar-refractivity contribution >= 4 is 22.7 Å². The summed E-state index contributed by atoms with van der Waals surface area (Å²) in [4.78, 5) is 15.6. The van der Waals surface area contributed by atoms with Gasteiger partial charge in [0.25, 0.3) is 0 Å². The van der Waals surface area contributed by atoms with E-state index in [0.29, 0.717) is 12.2 Å². The molecule has 1 atom stereocenters. The van der Waals surface area contributed by atoms with Crippen molar-refractivity contribution in [2.24, 2.45) is 0 Å². The Hall–Kier alpha value is -2.14. The third kappa shape index (κ3) is 3.00. The second kappa shape index (κ2) is 5.67. The number of carboxylic acid groups (broad SMARTS) is 1. The molecule has 19 heavy (non-hydrogen) atoms. The fourth-order valence-corrected chi connectivity index (χ4v) is 1.89. The Morgan fingerprint density at radius 1 is 1.42 bits per heavy atom. The Kier molecular flexibility index (Phi) is 3.97. The molecule has 0 amide bonds. The Balaban J connectivity index is 2.44. The van der Waals surface area contributed by atoms with Crippen LogP contribution in [0.4, 0.5) is 5.82 Å². The molecule has 3 N–H and O–H groups in total. The van der Waals surface area contributed by atoms with Crippen LogP contribution in [0.25, 0.3) is 10.9 Å². The number of aliphatic hydroxyl groups excluding tert-OH is 1. The molecular formula is C14H16N2O3. The van der Waals surface area contributed by atoms with E-state index in [9.17, 15) is 9.90 Å². The molecule has 0 aliphatic carbocycles. The van der Waals surface area contributed by atoms with Gasteiger partial charge in [0.05, 0.1) is 5.52 Å². The molecule has 0 spiro atoms. The number of aromatic carboxylic acids is 1. The van der Waals surface area contributed by atoms with E-state index in [1.165, 1.54) is 0 Å². The standard InChI is InChI=1S/C14H16N2O3/c1-9(6-7-17)15-13-11(14(18)19)8-10-4-2-3-5-12(10)16-13/h2-5,8-9,17H,6-7H2,1H3,(H,15,16)(H,18,19). The van der Waals surface area contributed by atoms with Gasteiger partial charge in [-0.2, -0.15) is 0 Å². The van der Waals surface area contributed by atoms with Crippen LogP contribution in [-0.2, 0) is 0 Å². The Labute approximate surface area is 110 Å². The lowest BCUT2D eigenvalue weighted by Gasteiger charge is -2.15. The molecule has 1 heterocycles. The molecule has 2 rings (SSSR count). The Bertz CT molecular complexity index is 598. The summed E-state index contributed by atoms with van der Waals surface area (Å²) in [5, 5.41) is 22.0. The van der Waals surface area contributed by atoms with E-state index >= 15 is 0 Å². The summed E-state index contributed by atoms with van der Waals surface area (Å²) in [7, 11) is 0. The molecule has 0 aliphatic heterocycles. The number of pyridine rings is 1. The van der Waals surface area contributed by atoms with Gasteiger partial charge in [-0.05, 0) is 25.5 Å². The van der Waals surface area contributed by atoms with Crippen molar-refractivity contribution in [3.8, 4) is 0 Å². The van der Waals surface area contributed by atoms with Gasteiger partial charge in [-0.25, -0.2) is 9.78 Å². The molecule has 1 aromatic heterocycles. The van der Waals surface area contributed by atoms with Crippen molar-refractivity contribution in [3.63, 3.8) is 0 Å². The summed E-state index contributed by atoms with van der Waals surface area (Å²) in [6, 6.07) is 8.93. The average Bonchev–Trinajstić information content (AvgIpc) is 2.38. The predicted molar refractivity (Wildman–Crippen MR) is 73.5 cm³/mol. The summed E-state index contributed by atoms with van der Waals surface area (Å²) in [6.07, 6.45) is 0.535. The largest absolute Gasteiger partial charge is 0.478 e. The van der Waals surface area contributed by atoms with Crippen molar-refractivity contribution in [1.82, 2.24) is 4.98 Å². The first-order chi connectivity index (χ1) is 9.11. The molecule has 0 fully saturated rings. The second-order valence-corrected chi connectivity index (χ2v) is 4.44. The van der Waals surface area contributed by atoms with Crippen molar-refractivity contribution in [2.75, 3.05) is 11.9 Å². The van der Waals surface area contributed by atoms with Crippen LogP contribution in [0.3, 0.4) is 0 Å². The predicted octanol–water partition coefficient (Wildman–Crippen LogP) is 2.12. The van der Waals surface area contributed by atoms with E-state index < -0.39 is 5.97 Å². The third-order valence-corrected chi connectivity index (χ3v) is 2.90. The van der Waals surface area contributed by atoms with Crippen molar-refractivity contribution < 1.29 is 15.0 Å². The summed E-state index contributed by atoms with van der Waals surface area (Å²) in [6.45, 7) is 1.92. The number of nitrogens with zero attached hydrogens (tertiary/aromatic N) is 1. The highest BCUT2D eigenvalue weighted by Crippen LogP contribution is 2.21. The molecule has 5 nitrogen and oxygen atoms in total. The van der Waals surface area contributed by atoms with Crippen molar-refractivity contribution in [1.29, 1.82) is 0 Å². The van der Waals surface area contributed by atoms with Crippen molar-refractivity contribution in [2.45, 2.75) is 19.4 Å². The molecule has 0 radical (unpaired) electrons. The number of fused-ring (bicyclic) bond motifs is 1. The molecule has 0 saturated heterocycles. The maximum Gasteiger partial charge on any atom is 0.339 e. The SMILES string of the molecule is CC(CCO)Nc1nc2ccccc2cc1C(=O)O. The quantitative estimate of drug-likeness (QED) is 0.767. The molecule has 5 heteroatoms. The van der Waals surface area contributed by atoms with Crippen LogP contribution >= 0.6 is 0 Å². The third-order valence-electron chi connectivity index (χ3n) is 2.90. The molecule has 1 unspecified atom stereocenters. The number of hydrogen-bond donors (Lipinski definition) is 3. The van der Waals surface area contributed by atoms with Crippen LogP contribution in [0.15, 0.2) is 30.3 Å². The lowest BCUT2D eigenvalue weighted by molar-refractivity contribution is 0.0697. The molecule has 0 bridgehead atoms. The van der Waals surface area contributed by atoms with E-state index in [1.54, 1.807) is 6.07 Å². The summed E-state index contributed by atoms with van der Waals surface area (Å²) >= 11 is 0. The molecule has 0 saturated carbocycles. The number of rotatable bonds is 5. The maximum absolute atomic E-state index is 11.3. The van der Waals surface area contributed by atoms with Gasteiger partial charge in [-0.1, -0.05) is 18.2 Å². The first kappa shape index (κ1) is 13.3. The zero-order chi connectivity index (χ0) is 13.8. The number of benzene rings is 1. The molecule has 0 aliphatic rings. The van der Waals surface area contributed by atoms with Gasteiger partial charge >= 0.3 is 5.97 Å². The lowest BCUT2D eigenvalue weighted by atomic mass is 10.1. The fraction of sp³-hybridized carbons (Fsp3) is 0.286. The van der Waals surface area contributed by atoms with E-state index in [1.807, 2.05) is 31.2 Å². The van der Waals surface area contributed by atoms with Crippen LogP contribution in [-0.4, -0.2) is 33.8 Å². The number of carbonyl (C=O) groups is 1. The zero-order valence-corrected chi connectivity index (χ0v) is 10.6. The van der Waals surface area contributed by atoms with Gasteiger partial charge in [0.15, 0.2) is 0 Å². The fourth-order valence-electron chi connectivity index (χ4n) is 1.89. The number of para-hydroxylation sites is 1. The second-order valence-electron chi connectivity index (χ2n) is 4.44. The molecule has 100 valence electrons. The summed E-state index contributed by atoms with van der Waals surface area (Å²) in [5.41, 5.74) is 0.884. The van der Waals surface area contributed by atoms with E-state index in [-0.39, 0.29) is 18.2 Å². The lowest BCUT2D eigenvalue weighted by Crippen LogP contribution is -2.19. The summed E-state index contributed by atoms with van der Waals surface area (Å²) in [5.74, 6) is -0.677. The summed E-state index contributed by atoms with van der Waals surface area (Å²) < 4.78 is 0. The molecule has 1 aromatic carbocycles. The van der Waals surface area contributed by atoms with Gasteiger partial charge in [-0.15, -0.1) is 0 Å². The minimum atomic E-state index is -1.02. The Morgan fingerprint density at radius 2 is 2.16 bits per heavy atom. The number of carboxylic acids is 1. The maximum atomic E-state index is 11.3. The van der Waals surface area contributed by atoms with Crippen LogP contribution in [0.1, 0.15) is 23.7 Å². The topological polar surface area (TPSA) is 82.5 Å². The first-order valence-electron chi connectivity index (χ1n) is 6.12. The normalized spacial score (nSPS) is 12.3. The van der Waals surface area contributed by atoms with Gasteiger partial charge in [0.1, 0.15) is 11.4 Å². The minimum absolute atomic E-state index is 0.0447. The highest BCUT2D eigenvalue weighted by atomic mass is 16.4. The van der Waals surface area contributed by atoms with Crippen molar-refractivity contribution in [3.05, 3.63) is 35.9 Å². The van der Waals surface area contributed by atoms with Crippen LogP contribution in [0.5, 0.6) is 0 Å². The number of hydrogen-bond acceptors (Lipinski definition) is 4. The van der Waals surface area contributed by atoms with Crippen LogP contribution in [0.2, 0.25) is 0 Å². The molecule has 2 aromatic rings. The van der Waals surface area contributed by atoms with Crippen LogP contribution < -0.4 is 5.32 Å².